The molecule has 1 fully saturated rings. The minimum atomic E-state index is 0.163. The lowest BCUT2D eigenvalue weighted by atomic mass is 10.2. The van der Waals surface area contributed by atoms with Crippen molar-refractivity contribution in [3.63, 3.8) is 0 Å². The Balaban J connectivity index is 1.83. The number of ether oxygens (including phenoxy) is 2. The molecule has 1 N–H and O–H groups in total. The third-order valence-electron chi connectivity index (χ3n) is 3.97. The summed E-state index contributed by atoms with van der Waals surface area (Å²) in [5, 5.41) is 3.21. The average Bonchev–Trinajstić information content (AvgIpc) is 2.87. The fourth-order valence-electron chi connectivity index (χ4n) is 2.70. The standard InChI is InChI=1S/C18H28N2O3/c1-2-22-13-14-23-17-10-6-5-9-16(17)19-15-18(21)20-11-7-3-4-8-12-20/h5-6,9-10,19H,2-4,7-8,11-15H2,1H3. The first-order valence-corrected chi connectivity index (χ1v) is 8.62. The zero-order valence-corrected chi connectivity index (χ0v) is 14.1. The zero-order chi connectivity index (χ0) is 16.3. The molecule has 0 atom stereocenters. The molecule has 2 rings (SSSR count). The van der Waals surface area contributed by atoms with Crippen LogP contribution in [0.25, 0.3) is 0 Å². The summed E-state index contributed by atoms with van der Waals surface area (Å²) in [6, 6.07) is 7.71. The van der Waals surface area contributed by atoms with Crippen molar-refractivity contribution < 1.29 is 14.3 Å². The van der Waals surface area contributed by atoms with Crippen molar-refractivity contribution >= 4 is 11.6 Å². The molecular formula is C18H28N2O3. The lowest BCUT2D eigenvalue weighted by molar-refractivity contribution is -0.129. The topological polar surface area (TPSA) is 50.8 Å². The molecule has 0 unspecified atom stereocenters. The van der Waals surface area contributed by atoms with Crippen molar-refractivity contribution in [2.45, 2.75) is 32.6 Å². The van der Waals surface area contributed by atoms with Crippen LogP contribution in [0.5, 0.6) is 5.75 Å². The van der Waals surface area contributed by atoms with Crippen LogP contribution in [0, 0.1) is 0 Å². The fourth-order valence-corrected chi connectivity index (χ4v) is 2.70. The Kier molecular flexibility index (Phi) is 7.73. The van der Waals surface area contributed by atoms with Crippen LogP contribution in [-0.2, 0) is 9.53 Å². The third kappa shape index (κ3) is 6.10. The minimum Gasteiger partial charge on any atom is -0.489 e. The first-order chi connectivity index (χ1) is 11.3. The largest absolute Gasteiger partial charge is 0.489 e. The van der Waals surface area contributed by atoms with Crippen LogP contribution < -0.4 is 10.1 Å². The molecule has 1 aliphatic heterocycles. The zero-order valence-electron chi connectivity index (χ0n) is 14.1. The molecule has 23 heavy (non-hydrogen) atoms. The molecule has 0 radical (unpaired) electrons. The highest BCUT2D eigenvalue weighted by molar-refractivity contribution is 5.81. The first kappa shape index (κ1) is 17.6. The van der Waals surface area contributed by atoms with Crippen LogP contribution in [0.2, 0.25) is 0 Å². The van der Waals surface area contributed by atoms with Crippen LogP contribution in [0.1, 0.15) is 32.6 Å². The van der Waals surface area contributed by atoms with E-state index >= 15 is 0 Å². The van der Waals surface area contributed by atoms with Gasteiger partial charge in [-0.3, -0.25) is 4.79 Å². The molecular weight excluding hydrogens is 292 g/mol. The molecule has 1 heterocycles. The summed E-state index contributed by atoms with van der Waals surface area (Å²) in [6.45, 7) is 5.80. The van der Waals surface area contributed by atoms with Gasteiger partial charge in [0.05, 0.1) is 18.8 Å². The van der Waals surface area contributed by atoms with E-state index in [1.165, 1.54) is 12.8 Å². The van der Waals surface area contributed by atoms with Crippen LogP contribution in [0.4, 0.5) is 5.69 Å². The van der Waals surface area contributed by atoms with Gasteiger partial charge in [0, 0.05) is 19.7 Å². The molecule has 0 saturated carbocycles. The number of carbonyl (C=O) groups excluding carboxylic acids is 1. The number of anilines is 1. The molecule has 1 aromatic carbocycles. The van der Waals surface area contributed by atoms with Crippen molar-refractivity contribution in [2.24, 2.45) is 0 Å². The van der Waals surface area contributed by atoms with E-state index in [1.54, 1.807) is 0 Å². The number of hydrogen-bond donors (Lipinski definition) is 1. The number of likely N-dealkylation sites (tertiary alicyclic amines) is 1. The van der Waals surface area contributed by atoms with E-state index in [2.05, 4.69) is 5.32 Å². The average molecular weight is 320 g/mol. The molecule has 0 bridgehead atoms. The van der Waals surface area contributed by atoms with Gasteiger partial charge in [0.2, 0.25) is 5.91 Å². The maximum Gasteiger partial charge on any atom is 0.241 e. The minimum absolute atomic E-state index is 0.163. The number of benzene rings is 1. The van der Waals surface area contributed by atoms with E-state index in [0.29, 0.717) is 26.4 Å². The summed E-state index contributed by atoms with van der Waals surface area (Å²) in [7, 11) is 0. The lowest BCUT2D eigenvalue weighted by Crippen LogP contribution is -2.36. The van der Waals surface area contributed by atoms with E-state index in [1.807, 2.05) is 36.1 Å². The lowest BCUT2D eigenvalue weighted by Gasteiger charge is -2.21. The number of hydrogen-bond acceptors (Lipinski definition) is 4. The monoisotopic (exact) mass is 320 g/mol. The fraction of sp³-hybridized carbons (Fsp3) is 0.611. The number of para-hydroxylation sites is 2. The predicted molar refractivity (Wildman–Crippen MR) is 92.0 cm³/mol. The Morgan fingerprint density at radius 2 is 1.87 bits per heavy atom. The van der Waals surface area contributed by atoms with Crippen molar-refractivity contribution in [2.75, 3.05) is 44.8 Å². The van der Waals surface area contributed by atoms with Crippen molar-refractivity contribution in [1.82, 2.24) is 4.90 Å². The van der Waals surface area contributed by atoms with Gasteiger partial charge in [-0.15, -0.1) is 0 Å². The summed E-state index contributed by atoms with van der Waals surface area (Å²) in [6.07, 6.45) is 4.69. The SMILES string of the molecule is CCOCCOc1ccccc1NCC(=O)N1CCCCCC1. The van der Waals surface area contributed by atoms with Gasteiger partial charge >= 0.3 is 0 Å². The number of carbonyl (C=O) groups is 1. The summed E-state index contributed by atoms with van der Waals surface area (Å²) in [4.78, 5) is 14.3. The maximum atomic E-state index is 12.3. The van der Waals surface area contributed by atoms with Crippen molar-refractivity contribution in [3.8, 4) is 5.75 Å². The van der Waals surface area contributed by atoms with Gasteiger partial charge in [-0.25, -0.2) is 0 Å². The Labute approximate surface area is 139 Å². The Hall–Kier alpha value is -1.75. The summed E-state index contributed by atoms with van der Waals surface area (Å²) >= 11 is 0. The number of rotatable bonds is 8. The van der Waals surface area contributed by atoms with Crippen LogP contribution >= 0.6 is 0 Å². The summed E-state index contributed by atoms with van der Waals surface area (Å²) in [5.74, 6) is 0.923. The molecule has 0 spiro atoms. The maximum absolute atomic E-state index is 12.3. The van der Waals surface area contributed by atoms with Gasteiger partial charge in [0.25, 0.3) is 0 Å². The molecule has 5 heteroatoms. The van der Waals surface area contributed by atoms with Gasteiger partial charge in [-0.1, -0.05) is 25.0 Å². The van der Waals surface area contributed by atoms with Gasteiger partial charge in [-0.2, -0.15) is 0 Å². The smallest absolute Gasteiger partial charge is 0.241 e. The highest BCUT2D eigenvalue weighted by Crippen LogP contribution is 2.23. The van der Waals surface area contributed by atoms with Gasteiger partial charge in [0.1, 0.15) is 12.4 Å². The first-order valence-electron chi connectivity index (χ1n) is 8.62. The van der Waals surface area contributed by atoms with Gasteiger partial charge in [-0.05, 0) is 31.9 Å². The number of amides is 1. The van der Waals surface area contributed by atoms with Gasteiger partial charge < -0.3 is 19.7 Å². The van der Waals surface area contributed by atoms with Crippen molar-refractivity contribution in [1.29, 1.82) is 0 Å². The van der Waals surface area contributed by atoms with E-state index in [9.17, 15) is 4.79 Å². The number of nitrogens with zero attached hydrogens (tertiary/aromatic N) is 1. The molecule has 0 aromatic heterocycles. The third-order valence-corrected chi connectivity index (χ3v) is 3.97. The van der Waals surface area contributed by atoms with Gasteiger partial charge in [0.15, 0.2) is 0 Å². The Morgan fingerprint density at radius 3 is 2.61 bits per heavy atom. The van der Waals surface area contributed by atoms with E-state index in [-0.39, 0.29) is 5.91 Å². The molecule has 1 aromatic rings. The normalized spacial score (nSPS) is 15.1. The van der Waals surface area contributed by atoms with Crippen LogP contribution in [0.3, 0.4) is 0 Å². The quantitative estimate of drug-likeness (QED) is 0.748. The highest BCUT2D eigenvalue weighted by Gasteiger charge is 2.15. The second kappa shape index (κ2) is 10.1. The van der Waals surface area contributed by atoms with Crippen LogP contribution in [0.15, 0.2) is 24.3 Å². The second-order valence-corrected chi connectivity index (χ2v) is 5.69. The van der Waals surface area contributed by atoms with Crippen LogP contribution in [-0.4, -0.2) is 50.3 Å². The summed E-state index contributed by atoms with van der Waals surface area (Å²) < 4.78 is 11.0. The Bertz CT molecular complexity index is 471. The molecule has 1 aliphatic rings. The van der Waals surface area contributed by atoms with E-state index in [4.69, 9.17) is 9.47 Å². The van der Waals surface area contributed by atoms with E-state index in [0.717, 1.165) is 37.4 Å². The summed E-state index contributed by atoms with van der Waals surface area (Å²) in [5.41, 5.74) is 0.854. The second-order valence-electron chi connectivity index (χ2n) is 5.69. The molecule has 128 valence electrons. The number of nitrogens with one attached hydrogen (secondary N) is 1. The highest BCUT2D eigenvalue weighted by atomic mass is 16.5. The Morgan fingerprint density at radius 1 is 1.13 bits per heavy atom. The van der Waals surface area contributed by atoms with E-state index < -0.39 is 0 Å². The molecule has 1 saturated heterocycles. The van der Waals surface area contributed by atoms with Crippen molar-refractivity contribution in [3.05, 3.63) is 24.3 Å². The predicted octanol–water partition coefficient (Wildman–Crippen LogP) is 2.92. The molecule has 1 amide bonds. The molecule has 5 nitrogen and oxygen atoms in total. The molecule has 0 aliphatic carbocycles.